The highest BCUT2D eigenvalue weighted by atomic mass is 19.3. The molecule has 6 heteroatoms. The summed E-state index contributed by atoms with van der Waals surface area (Å²) in [4.78, 5) is 6.69. The zero-order chi connectivity index (χ0) is 26.3. The van der Waals surface area contributed by atoms with Crippen LogP contribution >= 0.6 is 0 Å². The molecule has 0 amide bonds. The molecule has 1 heterocycles. The smallest absolute Gasteiger partial charge is 0.249 e. The number of ether oxygens (including phenoxy) is 1. The van der Waals surface area contributed by atoms with Crippen LogP contribution in [0, 0.1) is 0 Å². The molecule has 4 nitrogen and oxygen atoms in total. The molecule has 0 radical (unpaired) electrons. The molecule has 0 spiro atoms. The third-order valence-corrected chi connectivity index (χ3v) is 6.22. The summed E-state index contributed by atoms with van der Waals surface area (Å²) < 4.78 is 32.8. The van der Waals surface area contributed by atoms with Crippen LogP contribution in [0.25, 0.3) is 0 Å². The Bertz CT molecular complexity index is 1120. The number of hydrogen-bond donors (Lipinski definition) is 1. The lowest BCUT2D eigenvalue weighted by atomic mass is 10.0. The lowest BCUT2D eigenvalue weighted by molar-refractivity contribution is 0.0226. The van der Waals surface area contributed by atoms with Gasteiger partial charge in [-0.3, -0.25) is 0 Å². The van der Waals surface area contributed by atoms with Gasteiger partial charge in [0.15, 0.2) is 0 Å². The van der Waals surface area contributed by atoms with E-state index < -0.39 is 11.5 Å². The first-order valence-electron chi connectivity index (χ1n) is 12.2. The number of benzene rings is 2. The highest BCUT2D eigenvalue weighted by Crippen LogP contribution is 2.25. The molecule has 0 aliphatic carbocycles. The molecule has 2 aromatic carbocycles. The number of rotatable bonds is 12. The van der Waals surface area contributed by atoms with E-state index in [1.165, 1.54) is 0 Å². The second kappa shape index (κ2) is 11.7. The zero-order valence-electron chi connectivity index (χ0n) is 21.6. The van der Waals surface area contributed by atoms with Crippen molar-refractivity contribution in [1.82, 2.24) is 4.98 Å². The minimum absolute atomic E-state index is 0.0621. The Labute approximate surface area is 213 Å². The van der Waals surface area contributed by atoms with Crippen LogP contribution in [0.5, 0.6) is 5.75 Å². The maximum absolute atomic E-state index is 13.4. The molecule has 0 aliphatic rings. The lowest BCUT2D eigenvalue weighted by Crippen LogP contribution is -2.29. The fourth-order valence-electron chi connectivity index (χ4n) is 3.68. The summed E-state index contributed by atoms with van der Waals surface area (Å²) >= 11 is 0. The fraction of sp³-hybridized carbons (Fsp3) is 0.367. The average Bonchev–Trinajstić information content (AvgIpc) is 2.82. The average molecular weight is 495 g/mol. The van der Waals surface area contributed by atoms with Crippen LogP contribution in [0.15, 0.2) is 79.0 Å². The molecule has 0 aliphatic heterocycles. The Kier molecular flexibility index (Phi) is 8.85. The monoisotopic (exact) mass is 494 g/mol. The molecular weight excluding hydrogens is 458 g/mol. The summed E-state index contributed by atoms with van der Waals surface area (Å²) in [5.74, 6) is -1.14. The second-order valence-corrected chi connectivity index (χ2v) is 9.95. The summed E-state index contributed by atoms with van der Waals surface area (Å²) in [6.45, 7) is 12.1. The first kappa shape index (κ1) is 27.3. The maximum atomic E-state index is 13.4. The van der Waals surface area contributed by atoms with Gasteiger partial charge in [-0.15, -0.1) is 0 Å². The Balaban J connectivity index is 1.72. The number of alkyl halides is 2. The Morgan fingerprint density at radius 2 is 1.50 bits per heavy atom. The number of aromatic nitrogens is 1. The highest BCUT2D eigenvalue weighted by Gasteiger charge is 2.22. The van der Waals surface area contributed by atoms with Gasteiger partial charge >= 0.3 is 0 Å². The Morgan fingerprint density at radius 3 is 2.03 bits per heavy atom. The van der Waals surface area contributed by atoms with Gasteiger partial charge < -0.3 is 14.7 Å². The van der Waals surface area contributed by atoms with E-state index in [-0.39, 0.29) is 13.0 Å². The molecular formula is C30H36F2N2O2. The van der Waals surface area contributed by atoms with Gasteiger partial charge in [0.05, 0.1) is 6.61 Å². The van der Waals surface area contributed by atoms with Crippen LogP contribution in [0.2, 0.25) is 0 Å². The van der Waals surface area contributed by atoms with Gasteiger partial charge in [-0.05, 0) is 80.1 Å². The molecule has 3 rings (SSSR count). The number of aliphatic hydroxyl groups excluding tert-OH is 1. The molecule has 0 atom stereocenters. The third-order valence-electron chi connectivity index (χ3n) is 6.22. The van der Waals surface area contributed by atoms with Gasteiger partial charge in [-0.2, -0.15) is 0 Å². The summed E-state index contributed by atoms with van der Waals surface area (Å²) in [7, 11) is 0. The van der Waals surface area contributed by atoms with E-state index in [0.717, 1.165) is 47.2 Å². The second-order valence-electron chi connectivity index (χ2n) is 9.95. The summed E-state index contributed by atoms with van der Waals surface area (Å²) in [5, 5.41) is 9.36. The van der Waals surface area contributed by atoms with Crippen molar-refractivity contribution in [3.8, 4) is 5.75 Å². The third kappa shape index (κ3) is 8.16. The molecule has 0 fully saturated rings. The number of halogens is 2. The maximum Gasteiger partial charge on any atom is 0.249 e. The van der Waals surface area contributed by atoms with Crippen molar-refractivity contribution in [2.45, 2.75) is 65.2 Å². The molecule has 0 saturated heterocycles. The fourth-order valence-corrected chi connectivity index (χ4v) is 3.68. The number of nitrogens with zero attached hydrogens (tertiary/aromatic N) is 2. The Hall–Kier alpha value is -3.25. The van der Waals surface area contributed by atoms with Crippen LogP contribution in [0.4, 0.5) is 14.6 Å². The zero-order valence-corrected chi connectivity index (χ0v) is 21.6. The van der Waals surface area contributed by atoms with E-state index >= 15 is 0 Å². The first-order chi connectivity index (χ1) is 16.9. The predicted molar refractivity (Wildman–Crippen MR) is 142 cm³/mol. The molecule has 0 saturated carbocycles. The van der Waals surface area contributed by atoms with Crippen LogP contribution in [0.3, 0.4) is 0 Å². The van der Waals surface area contributed by atoms with Crippen LogP contribution < -0.4 is 9.64 Å². The molecule has 1 N–H and O–H groups in total. The molecule has 36 heavy (non-hydrogen) atoms. The molecule has 0 unspecified atom stereocenters. The van der Waals surface area contributed by atoms with Crippen molar-refractivity contribution in [2.24, 2.45) is 0 Å². The van der Waals surface area contributed by atoms with E-state index in [2.05, 4.69) is 28.6 Å². The molecule has 192 valence electrons. The number of pyridine rings is 1. The number of hydrogen-bond acceptors (Lipinski definition) is 4. The van der Waals surface area contributed by atoms with Gasteiger partial charge in [-0.25, -0.2) is 13.8 Å². The minimum Gasteiger partial charge on any atom is -0.484 e. The highest BCUT2D eigenvalue weighted by molar-refractivity contribution is 5.41. The van der Waals surface area contributed by atoms with E-state index in [1.807, 2.05) is 57.2 Å². The quantitative estimate of drug-likeness (QED) is 0.283. The van der Waals surface area contributed by atoms with Gasteiger partial charge in [-0.1, -0.05) is 49.0 Å². The van der Waals surface area contributed by atoms with Crippen molar-refractivity contribution in [3.63, 3.8) is 0 Å². The van der Waals surface area contributed by atoms with E-state index in [4.69, 9.17) is 4.74 Å². The van der Waals surface area contributed by atoms with Crippen molar-refractivity contribution in [3.05, 3.63) is 101 Å². The summed E-state index contributed by atoms with van der Waals surface area (Å²) in [6.07, 6.45) is 2.18. The van der Waals surface area contributed by atoms with E-state index in [0.29, 0.717) is 18.7 Å². The van der Waals surface area contributed by atoms with Gasteiger partial charge in [0.2, 0.25) is 5.92 Å². The van der Waals surface area contributed by atoms with Crippen molar-refractivity contribution in [1.29, 1.82) is 0 Å². The van der Waals surface area contributed by atoms with Crippen LogP contribution in [0.1, 0.15) is 49.9 Å². The van der Waals surface area contributed by atoms with Gasteiger partial charge in [0.25, 0.3) is 0 Å². The standard InChI is InChI=1S/C30H36F2N2O2/c1-22(2)29(3,4)36-27-13-10-23(11-14-27)16-17-34(28-15-12-26(21-35)19-33-28)20-25-8-6-24(7-9-25)18-30(5,31)32/h6-15,19,35H,1,16-18,20-21H2,2-5H3. The van der Waals surface area contributed by atoms with Gasteiger partial charge in [0, 0.05) is 25.7 Å². The van der Waals surface area contributed by atoms with Gasteiger partial charge in [0.1, 0.15) is 17.2 Å². The normalized spacial score (nSPS) is 11.9. The van der Waals surface area contributed by atoms with Crippen LogP contribution in [-0.4, -0.2) is 28.2 Å². The summed E-state index contributed by atoms with van der Waals surface area (Å²) in [6, 6.07) is 19.1. The predicted octanol–water partition coefficient (Wildman–Crippen LogP) is 6.75. The Morgan fingerprint density at radius 1 is 0.917 bits per heavy atom. The van der Waals surface area contributed by atoms with Crippen molar-refractivity contribution < 1.29 is 18.6 Å². The first-order valence-corrected chi connectivity index (χ1v) is 12.2. The van der Waals surface area contributed by atoms with E-state index in [9.17, 15) is 13.9 Å². The lowest BCUT2D eigenvalue weighted by Gasteiger charge is -2.27. The van der Waals surface area contributed by atoms with E-state index in [1.54, 1.807) is 18.3 Å². The minimum atomic E-state index is -2.73. The number of anilines is 1. The topological polar surface area (TPSA) is 45.6 Å². The molecule has 3 aromatic rings. The number of aliphatic hydroxyl groups is 1. The SMILES string of the molecule is C=C(C)C(C)(C)Oc1ccc(CCN(Cc2ccc(CC(C)(F)F)cc2)c2ccc(CO)cn2)cc1. The summed E-state index contributed by atoms with van der Waals surface area (Å²) in [5.41, 5.74) is 4.05. The van der Waals surface area contributed by atoms with Crippen molar-refractivity contribution >= 4 is 5.82 Å². The largest absolute Gasteiger partial charge is 0.484 e. The molecule has 0 bridgehead atoms. The van der Waals surface area contributed by atoms with Crippen LogP contribution in [-0.2, 0) is 26.0 Å². The van der Waals surface area contributed by atoms with Crippen molar-refractivity contribution in [2.75, 3.05) is 11.4 Å². The molecule has 1 aromatic heterocycles.